The Morgan fingerprint density at radius 1 is 1.67 bits per heavy atom. The van der Waals surface area contributed by atoms with Crippen LogP contribution in [0.2, 0.25) is 0 Å². The molecule has 0 aromatic carbocycles. The van der Waals surface area contributed by atoms with Gasteiger partial charge in [-0.15, -0.1) is 10.2 Å². The lowest BCUT2D eigenvalue weighted by molar-refractivity contribution is 0.0516. The van der Waals surface area contributed by atoms with E-state index in [4.69, 9.17) is 4.74 Å². The quantitative estimate of drug-likeness (QED) is 0.595. The first kappa shape index (κ1) is 8.58. The Morgan fingerprint density at radius 2 is 2.42 bits per heavy atom. The van der Waals surface area contributed by atoms with Gasteiger partial charge in [0.05, 0.1) is 12.3 Å². The third kappa shape index (κ3) is 1.75. The first-order valence-corrected chi connectivity index (χ1v) is 3.57. The Bertz CT molecular complexity index is 288. The number of carbonyl (C=O) groups is 1. The highest BCUT2D eigenvalue weighted by molar-refractivity contribution is 5.87. The molecule has 0 N–H and O–H groups in total. The van der Waals surface area contributed by atoms with Crippen molar-refractivity contribution in [3.05, 3.63) is 17.7 Å². The van der Waals surface area contributed by atoms with E-state index in [9.17, 15) is 4.79 Å². The maximum absolute atomic E-state index is 11.1. The molecule has 0 fully saturated rings. The monoisotopic (exact) mass is 167 g/mol. The third-order valence-corrected chi connectivity index (χ3v) is 1.27. The van der Waals surface area contributed by atoms with Crippen LogP contribution >= 0.6 is 0 Å². The maximum Gasteiger partial charge on any atom is 0.360 e. The lowest BCUT2D eigenvalue weighted by atomic mass is 10.3. The summed E-state index contributed by atoms with van der Waals surface area (Å²) in [4.78, 5) is 14.9. The second-order valence-corrected chi connectivity index (χ2v) is 2.11. The first-order chi connectivity index (χ1) is 5.75. The average molecular weight is 167 g/mol. The van der Waals surface area contributed by atoms with Crippen molar-refractivity contribution in [1.29, 1.82) is 0 Å². The van der Waals surface area contributed by atoms with E-state index < -0.39 is 5.97 Å². The van der Waals surface area contributed by atoms with Gasteiger partial charge >= 0.3 is 5.97 Å². The van der Waals surface area contributed by atoms with Gasteiger partial charge in [0, 0.05) is 0 Å². The molecule has 1 rings (SSSR count). The molecule has 0 unspecified atom stereocenters. The minimum absolute atomic E-state index is 0.180. The fourth-order valence-corrected chi connectivity index (χ4v) is 0.717. The zero-order valence-corrected chi connectivity index (χ0v) is 6.94. The molecule has 0 saturated heterocycles. The largest absolute Gasteiger partial charge is 0.461 e. The van der Waals surface area contributed by atoms with Crippen LogP contribution in [0, 0.1) is 6.92 Å². The highest BCUT2D eigenvalue weighted by Crippen LogP contribution is 1.99. The summed E-state index contributed by atoms with van der Waals surface area (Å²) < 4.78 is 4.73. The number of ether oxygens (including phenoxy) is 1. The molecule has 0 aliphatic rings. The number of rotatable bonds is 2. The Balaban J connectivity index is 2.87. The van der Waals surface area contributed by atoms with Crippen molar-refractivity contribution in [2.75, 3.05) is 6.61 Å². The van der Waals surface area contributed by atoms with Gasteiger partial charge in [0.2, 0.25) is 0 Å². The Kier molecular flexibility index (Phi) is 2.68. The van der Waals surface area contributed by atoms with Gasteiger partial charge in [-0.1, -0.05) is 0 Å². The van der Waals surface area contributed by atoms with Gasteiger partial charge in [0.25, 0.3) is 0 Å². The molecule has 0 atom stereocenters. The van der Waals surface area contributed by atoms with Crippen molar-refractivity contribution >= 4 is 5.97 Å². The second kappa shape index (κ2) is 3.75. The minimum Gasteiger partial charge on any atom is -0.461 e. The van der Waals surface area contributed by atoms with Gasteiger partial charge in [-0.3, -0.25) is 0 Å². The molecule has 12 heavy (non-hydrogen) atoms. The molecule has 5 heteroatoms. The predicted octanol–water partition coefficient (Wildman–Crippen LogP) is 0.357. The normalized spacial score (nSPS) is 9.50. The average Bonchev–Trinajstić information content (AvgIpc) is 2.05. The molecule has 0 bridgehead atoms. The van der Waals surface area contributed by atoms with Gasteiger partial charge in [0.15, 0.2) is 5.69 Å². The number of carbonyl (C=O) groups excluding carboxylic acids is 1. The van der Waals surface area contributed by atoms with Crippen LogP contribution in [-0.2, 0) is 4.74 Å². The molecule has 0 aliphatic carbocycles. The summed E-state index contributed by atoms with van der Waals surface area (Å²) in [5.41, 5.74) is 0.711. The molecule has 0 amide bonds. The van der Waals surface area contributed by atoms with Crippen LogP contribution in [0.1, 0.15) is 23.1 Å². The Hall–Kier alpha value is -1.52. The van der Waals surface area contributed by atoms with Crippen molar-refractivity contribution in [3.63, 3.8) is 0 Å². The summed E-state index contributed by atoms with van der Waals surface area (Å²) in [6, 6.07) is 0. The van der Waals surface area contributed by atoms with Crippen LogP contribution in [-0.4, -0.2) is 27.8 Å². The van der Waals surface area contributed by atoms with E-state index in [0.29, 0.717) is 12.3 Å². The second-order valence-electron chi connectivity index (χ2n) is 2.11. The Labute approximate surface area is 69.8 Å². The van der Waals surface area contributed by atoms with Crippen molar-refractivity contribution in [2.45, 2.75) is 13.8 Å². The van der Waals surface area contributed by atoms with Gasteiger partial charge in [0.1, 0.15) is 6.33 Å². The lowest BCUT2D eigenvalue weighted by Gasteiger charge is -2.00. The van der Waals surface area contributed by atoms with E-state index >= 15 is 0 Å². The van der Waals surface area contributed by atoms with E-state index in [1.165, 1.54) is 6.33 Å². The van der Waals surface area contributed by atoms with Gasteiger partial charge < -0.3 is 4.74 Å². The molecule has 64 valence electrons. The molecule has 0 radical (unpaired) electrons. The van der Waals surface area contributed by atoms with E-state index in [2.05, 4.69) is 15.2 Å². The van der Waals surface area contributed by atoms with Crippen molar-refractivity contribution < 1.29 is 9.53 Å². The topological polar surface area (TPSA) is 65.0 Å². The van der Waals surface area contributed by atoms with E-state index in [-0.39, 0.29) is 5.69 Å². The smallest absolute Gasteiger partial charge is 0.360 e. The van der Waals surface area contributed by atoms with E-state index in [1.54, 1.807) is 13.8 Å². The number of aromatic nitrogens is 3. The molecule has 1 heterocycles. The SMILES string of the molecule is CCOC(=O)c1nncnc1C. The maximum atomic E-state index is 11.1. The van der Waals surface area contributed by atoms with Crippen LogP contribution in [0.25, 0.3) is 0 Å². The predicted molar refractivity (Wildman–Crippen MR) is 40.5 cm³/mol. The molecular formula is C7H9N3O2. The van der Waals surface area contributed by atoms with Crippen LogP contribution in [0.15, 0.2) is 6.33 Å². The molecule has 0 saturated carbocycles. The van der Waals surface area contributed by atoms with Crippen LogP contribution in [0.3, 0.4) is 0 Å². The third-order valence-electron chi connectivity index (χ3n) is 1.27. The zero-order chi connectivity index (χ0) is 8.97. The summed E-state index contributed by atoms with van der Waals surface area (Å²) in [7, 11) is 0. The molecule has 0 spiro atoms. The van der Waals surface area contributed by atoms with Crippen LogP contribution in [0.4, 0.5) is 0 Å². The lowest BCUT2D eigenvalue weighted by Crippen LogP contribution is -2.11. The number of hydrogen-bond acceptors (Lipinski definition) is 5. The summed E-state index contributed by atoms with van der Waals surface area (Å²) in [5, 5.41) is 7.10. The Morgan fingerprint density at radius 3 is 3.00 bits per heavy atom. The molecule has 1 aromatic rings. The van der Waals surface area contributed by atoms with E-state index in [1.807, 2.05) is 0 Å². The van der Waals surface area contributed by atoms with Crippen molar-refractivity contribution in [3.8, 4) is 0 Å². The van der Waals surface area contributed by atoms with Crippen molar-refractivity contribution in [1.82, 2.24) is 15.2 Å². The van der Waals surface area contributed by atoms with E-state index in [0.717, 1.165) is 0 Å². The number of hydrogen-bond donors (Lipinski definition) is 0. The van der Waals surface area contributed by atoms with Crippen LogP contribution in [0.5, 0.6) is 0 Å². The van der Waals surface area contributed by atoms with Gasteiger partial charge in [-0.25, -0.2) is 9.78 Å². The summed E-state index contributed by atoms with van der Waals surface area (Å²) in [5.74, 6) is -0.476. The number of aryl methyl sites for hydroxylation is 1. The van der Waals surface area contributed by atoms with Crippen LogP contribution < -0.4 is 0 Å². The summed E-state index contributed by atoms with van der Waals surface area (Å²) >= 11 is 0. The highest BCUT2D eigenvalue weighted by Gasteiger charge is 2.11. The fourth-order valence-electron chi connectivity index (χ4n) is 0.717. The molecule has 0 aliphatic heterocycles. The molecule has 1 aromatic heterocycles. The molecular weight excluding hydrogens is 158 g/mol. The summed E-state index contributed by atoms with van der Waals surface area (Å²) in [6.07, 6.45) is 1.29. The molecule has 5 nitrogen and oxygen atoms in total. The van der Waals surface area contributed by atoms with Gasteiger partial charge in [-0.2, -0.15) is 0 Å². The zero-order valence-electron chi connectivity index (χ0n) is 6.94. The number of nitrogens with zero attached hydrogens (tertiary/aromatic N) is 3. The first-order valence-electron chi connectivity index (χ1n) is 3.57. The fraction of sp³-hybridized carbons (Fsp3) is 0.429. The van der Waals surface area contributed by atoms with Gasteiger partial charge in [-0.05, 0) is 13.8 Å². The summed E-state index contributed by atoms with van der Waals surface area (Å²) in [6.45, 7) is 3.74. The number of esters is 1. The standard InChI is InChI=1S/C7H9N3O2/c1-3-12-7(11)6-5(2)8-4-9-10-6/h4H,3H2,1-2H3. The van der Waals surface area contributed by atoms with Crippen molar-refractivity contribution in [2.24, 2.45) is 0 Å². The minimum atomic E-state index is -0.476. The highest BCUT2D eigenvalue weighted by atomic mass is 16.5.